The van der Waals surface area contributed by atoms with Crippen LogP contribution in [0.3, 0.4) is 0 Å². The van der Waals surface area contributed by atoms with Crippen LogP contribution in [0.2, 0.25) is 0 Å². The fraction of sp³-hybridized carbons (Fsp3) is 0.250. The van der Waals surface area contributed by atoms with Crippen molar-refractivity contribution in [1.82, 2.24) is 0 Å². The molecule has 0 saturated heterocycles. The Morgan fingerprint density at radius 1 is 0.615 bits per heavy atom. The van der Waals surface area contributed by atoms with Crippen molar-refractivity contribution in [3.8, 4) is 33.8 Å². The molecule has 0 fully saturated rings. The number of para-hydroxylation sites is 1. The number of phenols is 2. The van der Waals surface area contributed by atoms with Crippen LogP contribution in [0.25, 0.3) is 22.3 Å². The molecule has 0 unspecified atom stereocenters. The quantitative estimate of drug-likeness (QED) is 0.553. The van der Waals surface area contributed by atoms with Gasteiger partial charge in [-0.1, -0.05) is 70.2 Å². The Labute approximate surface area is 155 Å². The zero-order valence-corrected chi connectivity index (χ0v) is 15.8. The van der Waals surface area contributed by atoms with E-state index < -0.39 is 0 Å². The highest BCUT2D eigenvalue weighted by Crippen LogP contribution is 2.45. The summed E-state index contributed by atoms with van der Waals surface area (Å²) in [5.74, 6) is 1.20. The standard InChI is InChI=1S/C24H26O2/c1-15(2)19-13-14-20(16(3)4)24(21-7-5-6-8-22(21)26)23(19)17-9-11-18(25)12-10-17/h5-16,25-26H,1-4H3. The van der Waals surface area contributed by atoms with Gasteiger partial charge in [0.25, 0.3) is 0 Å². The van der Waals surface area contributed by atoms with E-state index >= 15 is 0 Å². The van der Waals surface area contributed by atoms with E-state index in [-0.39, 0.29) is 11.5 Å². The van der Waals surface area contributed by atoms with Crippen LogP contribution < -0.4 is 0 Å². The number of benzene rings is 3. The van der Waals surface area contributed by atoms with Crippen LogP contribution in [0.1, 0.15) is 50.7 Å². The number of rotatable bonds is 4. The first-order chi connectivity index (χ1) is 12.4. The van der Waals surface area contributed by atoms with Crippen molar-refractivity contribution >= 4 is 0 Å². The fourth-order valence-electron chi connectivity index (χ4n) is 3.51. The average Bonchev–Trinajstić information content (AvgIpc) is 2.61. The van der Waals surface area contributed by atoms with Gasteiger partial charge in [-0.05, 0) is 57.9 Å². The lowest BCUT2D eigenvalue weighted by Gasteiger charge is -2.23. The lowest BCUT2D eigenvalue weighted by Crippen LogP contribution is -2.01. The number of aromatic hydroxyl groups is 2. The van der Waals surface area contributed by atoms with E-state index in [9.17, 15) is 10.2 Å². The molecule has 0 bridgehead atoms. The molecule has 0 radical (unpaired) electrons. The second-order valence-electron chi connectivity index (χ2n) is 7.37. The molecule has 0 heterocycles. The maximum atomic E-state index is 10.6. The summed E-state index contributed by atoms with van der Waals surface area (Å²) in [6, 6.07) is 19.2. The Hall–Kier alpha value is -2.74. The van der Waals surface area contributed by atoms with Crippen molar-refractivity contribution < 1.29 is 10.2 Å². The minimum Gasteiger partial charge on any atom is -0.508 e. The van der Waals surface area contributed by atoms with E-state index in [2.05, 4.69) is 39.8 Å². The van der Waals surface area contributed by atoms with Crippen molar-refractivity contribution in [3.63, 3.8) is 0 Å². The number of hydrogen-bond acceptors (Lipinski definition) is 2. The molecule has 2 nitrogen and oxygen atoms in total. The van der Waals surface area contributed by atoms with E-state index in [0.717, 1.165) is 22.3 Å². The van der Waals surface area contributed by atoms with Crippen molar-refractivity contribution in [3.05, 3.63) is 71.8 Å². The molecule has 3 aromatic carbocycles. The van der Waals surface area contributed by atoms with Crippen LogP contribution >= 0.6 is 0 Å². The Kier molecular flexibility index (Phi) is 5.03. The highest BCUT2D eigenvalue weighted by molar-refractivity contribution is 5.90. The third-order valence-corrected chi connectivity index (χ3v) is 4.84. The minimum absolute atomic E-state index is 0.254. The van der Waals surface area contributed by atoms with Gasteiger partial charge in [0.2, 0.25) is 0 Å². The molecule has 0 aliphatic heterocycles. The van der Waals surface area contributed by atoms with Gasteiger partial charge in [0.15, 0.2) is 0 Å². The van der Waals surface area contributed by atoms with Crippen LogP contribution in [-0.2, 0) is 0 Å². The van der Waals surface area contributed by atoms with Gasteiger partial charge in [0.1, 0.15) is 11.5 Å². The van der Waals surface area contributed by atoms with Crippen molar-refractivity contribution in [2.24, 2.45) is 0 Å². The lowest BCUT2D eigenvalue weighted by atomic mass is 9.81. The second kappa shape index (κ2) is 7.25. The largest absolute Gasteiger partial charge is 0.508 e. The summed E-state index contributed by atoms with van der Waals surface area (Å²) in [4.78, 5) is 0. The number of hydrogen-bond donors (Lipinski definition) is 2. The van der Waals surface area contributed by atoms with Crippen LogP contribution in [0.4, 0.5) is 0 Å². The van der Waals surface area contributed by atoms with Crippen molar-refractivity contribution in [2.45, 2.75) is 39.5 Å². The van der Waals surface area contributed by atoms with Crippen LogP contribution in [0, 0.1) is 0 Å². The molecule has 0 spiro atoms. The SMILES string of the molecule is CC(C)c1ccc(C(C)C)c(-c2ccccc2O)c1-c1ccc(O)cc1. The molecular weight excluding hydrogens is 320 g/mol. The summed E-state index contributed by atoms with van der Waals surface area (Å²) >= 11 is 0. The average molecular weight is 346 g/mol. The van der Waals surface area contributed by atoms with E-state index in [0.29, 0.717) is 11.8 Å². The van der Waals surface area contributed by atoms with Gasteiger partial charge < -0.3 is 10.2 Å². The zero-order chi connectivity index (χ0) is 18.8. The Balaban J connectivity index is 2.44. The fourth-order valence-corrected chi connectivity index (χ4v) is 3.51. The lowest BCUT2D eigenvalue weighted by molar-refractivity contribution is 0.475. The topological polar surface area (TPSA) is 40.5 Å². The first kappa shape index (κ1) is 18.1. The van der Waals surface area contributed by atoms with E-state index in [1.54, 1.807) is 18.2 Å². The highest BCUT2D eigenvalue weighted by Gasteiger charge is 2.21. The third kappa shape index (κ3) is 3.32. The van der Waals surface area contributed by atoms with E-state index in [4.69, 9.17) is 0 Å². The maximum absolute atomic E-state index is 10.6. The molecule has 0 aliphatic rings. The monoisotopic (exact) mass is 346 g/mol. The van der Waals surface area contributed by atoms with E-state index in [1.807, 2.05) is 30.3 Å². The number of phenolic OH excluding ortho intramolecular Hbond substituents is 2. The zero-order valence-electron chi connectivity index (χ0n) is 15.8. The van der Waals surface area contributed by atoms with Gasteiger partial charge in [-0.2, -0.15) is 0 Å². The summed E-state index contributed by atoms with van der Waals surface area (Å²) in [5.41, 5.74) is 6.55. The molecular formula is C24H26O2. The van der Waals surface area contributed by atoms with Gasteiger partial charge in [-0.25, -0.2) is 0 Å². The Morgan fingerprint density at radius 2 is 1.15 bits per heavy atom. The maximum Gasteiger partial charge on any atom is 0.123 e. The van der Waals surface area contributed by atoms with Crippen LogP contribution in [-0.4, -0.2) is 10.2 Å². The van der Waals surface area contributed by atoms with Crippen molar-refractivity contribution in [1.29, 1.82) is 0 Å². The predicted octanol–water partition coefficient (Wildman–Crippen LogP) is 6.68. The third-order valence-electron chi connectivity index (χ3n) is 4.84. The molecule has 0 saturated carbocycles. The van der Waals surface area contributed by atoms with Gasteiger partial charge in [-0.3, -0.25) is 0 Å². The normalized spacial score (nSPS) is 11.3. The molecule has 0 atom stereocenters. The predicted molar refractivity (Wildman–Crippen MR) is 109 cm³/mol. The molecule has 0 aliphatic carbocycles. The van der Waals surface area contributed by atoms with Gasteiger partial charge >= 0.3 is 0 Å². The summed E-state index contributed by atoms with van der Waals surface area (Å²) in [5, 5.41) is 20.3. The molecule has 3 rings (SSSR count). The molecule has 0 aromatic heterocycles. The first-order valence-electron chi connectivity index (χ1n) is 9.14. The first-order valence-corrected chi connectivity index (χ1v) is 9.14. The molecule has 2 N–H and O–H groups in total. The van der Waals surface area contributed by atoms with Gasteiger partial charge in [-0.15, -0.1) is 0 Å². The van der Waals surface area contributed by atoms with Crippen LogP contribution in [0.5, 0.6) is 11.5 Å². The summed E-state index contributed by atoms with van der Waals surface area (Å²) in [7, 11) is 0. The Morgan fingerprint density at radius 3 is 1.69 bits per heavy atom. The highest BCUT2D eigenvalue weighted by atomic mass is 16.3. The summed E-state index contributed by atoms with van der Waals surface area (Å²) in [6.45, 7) is 8.72. The van der Waals surface area contributed by atoms with Gasteiger partial charge in [0.05, 0.1) is 0 Å². The van der Waals surface area contributed by atoms with Crippen molar-refractivity contribution in [2.75, 3.05) is 0 Å². The summed E-state index contributed by atoms with van der Waals surface area (Å²) in [6.07, 6.45) is 0. The van der Waals surface area contributed by atoms with Gasteiger partial charge in [0, 0.05) is 5.56 Å². The molecule has 0 amide bonds. The van der Waals surface area contributed by atoms with Crippen LogP contribution in [0.15, 0.2) is 60.7 Å². The molecule has 2 heteroatoms. The Bertz CT molecular complexity index is 906. The molecule has 26 heavy (non-hydrogen) atoms. The molecule has 134 valence electrons. The smallest absolute Gasteiger partial charge is 0.123 e. The summed E-state index contributed by atoms with van der Waals surface area (Å²) < 4.78 is 0. The second-order valence-corrected chi connectivity index (χ2v) is 7.37. The molecule has 3 aromatic rings. The van der Waals surface area contributed by atoms with E-state index in [1.165, 1.54) is 11.1 Å². The minimum atomic E-state index is 0.254.